The molecule has 0 saturated carbocycles. The standard InChI is InChI=1S/C26H26BrN3O4S/c1-26(2,3)19-8-6-18(7-9-19)24(31)30-23(16-17-4-10-20(27)11-5-17)25(32)29-21-12-14-22(15-13-21)35(28,33)34/h4-16H,1-3H3,(H,29,32)(H,30,31)(H2,28,33,34)/b23-16-. The molecule has 182 valence electrons. The molecule has 3 rings (SSSR count). The number of nitrogens with one attached hydrogen (secondary N) is 2. The van der Waals surface area contributed by atoms with Gasteiger partial charge in [0.15, 0.2) is 0 Å². The molecule has 0 fully saturated rings. The molecule has 9 heteroatoms. The monoisotopic (exact) mass is 555 g/mol. The predicted molar refractivity (Wildman–Crippen MR) is 141 cm³/mol. The highest BCUT2D eigenvalue weighted by molar-refractivity contribution is 9.10. The lowest BCUT2D eigenvalue weighted by Gasteiger charge is -2.19. The van der Waals surface area contributed by atoms with Gasteiger partial charge in [0.1, 0.15) is 5.70 Å². The van der Waals surface area contributed by atoms with E-state index >= 15 is 0 Å². The van der Waals surface area contributed by atoms with Crippen molar-refractivity contribution < 1.29 is 18.0 Å². The number of carbonyl (C=O) groups is 2. The Balaban J connectivity index is 1.87. The Bertz CT molecular complexity index is 1360. The predicted octanol–water partition coefficient (Wildman–Crippen LogP) is 4.80. The second-order valence-electron chi connectivity index (χ2n) is 8.91. The zero-order valence-corrected chi connectivity index (χ0v) is 21.9. The average molecular weight is 556 g/mol. The highest BCUT2D eigenvalue weighted by atomic mass is 79.9. The molecule has 0 aliphatic rings. The largest absolute Gasteiger partial charge is 0.321 e. The summed E-state index contributed by atoms with van der Waals surface area (Å²) in [6.07, 6.45) is 1.56. The van der Waals surface area contributed by atoms with Gasteiger partial charge in [-0.2, -0.15) is 0 Å². The molecule has 0 aromatic heterocycles. The summed E-state index contributed by atoms with van der Waals surface area (Å²) >= 11 is 3.37. The van der Waals surface area contributed by atoms with Gasteiger partial charge < -0.3 is 10.6 Å². The van der Waals surface area contributed by atoms with Crippen molar-refractivity contribution in [3.63, 3.8) is 0 Å². The number of benzene rings is 3. The molecule has 0 heterocycles. The van der Waals surface area contributed by atoms with Gasteiger partial charge in [-0.25, -0.2) is 13.6 Å². The maximum atomic E-state index is 13.1. The number of primary sulfonamides is 1. The summed E-state index contributed by atoms with van der Waals surface area (Å²) in [5.41, 5.74) is 2.50. The number of hydrogen-bond donors (Lipinski definition) is 3. The van der Waals surface area contributed by atoms with Gasteiger partial charge in [0.25, 0.3) is 11.8 Å². The quantitative estimate of drug-likeness (QED) is 0.378. The van der Waals surface area contributed by atoms with E-state index in [4.69, 9.17) is 5.14 Å². The third-order valence-corrected chi connectivity index (χ3v) is 6.59. The van der Waals surface area contributed by atoms with E-state index in [-0.39, 0.29) is 16.0 Å². The highest BCUT2D eigenvalue weighted by Gasteiger charge is 2.18. The maximum Gasteiger partial charge on any atom is 0.272 e. The van der Waals surface area contributed by atoms with Crippen LogP contribution in [0.5, 0.6) is 0 Å². The summed E-state index contributed by atoms with van der Waals surface area (Å²) in [5, 5.41) is 10.5. The van der Waals surface area contributed by atoms with E-state index in [1.165, 1.54) is 24.3 Å². The van der Waals surface area contributed by atoms with E-state index in [1.54, 1.807) is 30.3 Å². The molecule has 0 bridgehead atoms. The van der Waals surface area contributed by atoms with E-state index in [9.17, 15) is 18.0 Å². The smallest absolute Gasteiger partial charge is 0.272 e. The van der Waals surface area contributed by atoms with Gasteiger partial charge in [0.2, 0.25) is 10.0 Å². The molecular weight excluding hydrogens is 530 g/mol. The van der Waals surface area contributed by atoms with Gasteiger partial charge in [-0.15, -0.1) is 0 Å². The molecule has 3 aromatic rings. The first kappa shape index (κ1) is 26.3. The van der Waals surface area contributed by atoms with Gasteiger partial charge in [-0.3, -0.25) is 9.59 Å². The minimum Gasteiger partial charge on any atom is -0.321 e. The Labute approximate surface area is 213 Å². The van der Waals surface area contributed by atoms with Gasteiger partial charge in [-0.1, -0.05) is 61.0 Å². The van der Waals surface area contributed by atoms with Gasteiger partial charge in [0, 0.05) is 15.7 Å². The fourth-order valence-corrected chi connectivity index (χ4v) is 3.91. The van der Waals surface area contributed by atoms with Crippen LogP contribution in [0, 0.1) is 0 Å². The minimum absolute atomic E-state index is 0.0211. The third-order valence-electron chi connectivity index (χ3n) is 5.13. The first-order valence-electron chi connectivity index (χ1n) is 10.7. The summed E-state index contributed by atoms with van der Waals surface area (Å²) in [4.78, 5) is 25.9. The number of rotatable bonds is 6. The first-order chi connectivity index (χ1) is 16.3. The lowest BCUT2D eigenvalue weighted by atomic mass is 9.87. The molecule has 0 atom stereocenters. The lowest BCUT2D eigenvalue weighted by Crippen LogP contribution is -2.30. The maximum absolute atomic E-state index is 13.1. The van der Waals surface area contributed by atoms with Crippen molar-refractivity contribution in [3.05, 3.63) is 99.7 Å². The molecular formula is C26H26BrN3O4S. The third kappa shape index (κ3) is 7.35. The van der Waals surface area contributed by atoms with Crippen LogP contribution >= 0.6 is 15.9 Å². The molecule has 0 unspecified atom stereocenters. The van der Waals surface area contributed by atoms with E-state index in [0.717, 1.165) is 10.0 Å². The van der Waals surface area contributed by atoms with Crippen molar-refractivity contribution in [1.82, 2.24) is 5.32 Å². The van der Waals surface area contributed by atoms with E-state index in [1.807, 2.05) is 24.3 Å². The highest BCUT2D eigenvalue weighted by Crippen LogP contribution is 2.22. The van der Waals surface area contributed by atoms with Crippen molar-refractivity contribution in [1.29, 1.82) is 0 Å². The first-order valence-corrected chi connectivity index (χ1v) is 13.0. The Hall–Kier alpha value is -3.27. The molecule has 4 N–H and O–H groups in total. The molecule has 0 saturated heterocycles. The molecule has 35 heavy (non-hydrogen) atoms. The molecule has 7 nitrogen and oxygen atoms in total. The summed E-state index contributed by atoms with van der Waals surface area (Å²) in [7, 11) is -3.85. The normalized spacial score (nSPS) is 12.2. The average Bonchev–Trinajstić information content (AvgIpc) is 2.79. The fraction of sp³-hybridized carbons (Fsp3) is 0.154. The van der Waals surface area contributed by atoms with Crippen LogP contribution in [0.15, 0.2) is 87.9 Å². The van der Waals surface area contributed by atoms with Crippen LogP contribution in [0.1, 0.15) is 42.3 Å². The zero-order chi connectivity index (χ0) is 25.8. The summed E-state index contributed by atoms with van der Waals surface area (Å²) in [6.45, 7) is 6.25. The van der Waals surface area contributed by atoms with E-state index in [0.29, 0.717) is 16.8 Å². The Morgan fingerprint density at radius 1 is 0.886 bits per heavy atom. The molecule has 0 aliphatic heterocycles. The number of nitrogens with two attached hydrogens (primary N) is 1. The van der Waals surface area contributed by atoms with Gasteiger partial charge in [-0.05, 0) is 71.1 Å². The van der Waals surface area contributed by atoms with Crippen LogP contribution in [-0.4, -0.2) is 20.2 Å². The number of anilines is 1. The van der Waals surface area contributed by atoms with Crippen LogP contribution in [0.4, 0.5) is 5.69 Å². The molecule has 0 spiro atoms. The lowest BCUT2D eigenvalue weighted by molar-refractivity contribution is -0.113. The van der Waals surface area contributed by atoms with Crippen molar-refractivity contribution in [3.8, 4) is 0 Å². The number of halogens is 1. The van der Waals surface area contributed by atoms with Crippen LogP contribution in [0.2, 0.25) is 0 Å². The minimum atomic E-state index is -3.85. The summed E-state index contributed by atoms with van der Waals surface area (Å²) in [6, 6.07) is 19.9. The van der Waals surface area contributed by atoms with Crippen LogP contribution < -0.4 is 15.8 Å². The SMILES string of the molecule is CC(C)(C)c1ccc(C(=O)N/C(=C\c2ccc(Br)cc2)C(=O)Nc2ccc(S(N)(=O)=O)cc2)cc1. The Kier molecular flexibility index (Phi) is 7.94. The summed E-state index contributed by atoms with van der Waals surface area (Å²) < 4.78 is 23.8. The topological polar surface area (TPSA) is 118 Å². The summed E-state index contributed by atoms with van der Waals surface area (Å²) in [5.74, 6) is -1.01. The van der Waals surface area contributed by atoms with Crippen molar-refractivity contribution in [2.75, 3.05) is 5.32 Å². The second-order valence-corrected chi connectivity index (χ2v) is 11.4. The molecule has 0 aliphatic carbocycles. The van der Waals surface area contributed by atoms with Crippen molar-refractivity contribution in [2.24, 2.45) is 5.14 Å². The fourth-order valence-electron chi connectivity index (χ4n) is 3.13. The number of carbonyl (C=O) groups excluding carboxylic acids is 2. The second kappa shape index (κ2) is 10.6. The Morgan fingerprint density at radius 2 is 1.46 bits per heavy atom. The van der Waals surface area contributed by atoms with Crippen molar-refractivity contribution >= 4 is 49.5 Å². The number of sulfonamides is 1. The van der Waals surface area contributed by atoms with Gasteiger partial charge in [0.05, 0.1) is 4.90 Å². The zero-order valence-electron chi connectivity index (χ0n) is 19.5. The van der Waals surface area contributed by atoms with E-state index in [2.05, 4.69) is 47.3 Å². The van der Waals surface area contributed by atoms with Crippen LogP contribution in [-0.2, 0) is 20.2 Å². The molecule has 2 amide bonds. The van der Waals surface area contributed by atoms with Crippen LogP contribution in [0.25, 0.3) is 6.08 Å². The molecule has 3 aromatic carbocycles. The van der Waals surface area contributed by atoms with Gasteiger partial charge >= 0.3 is 0 Å². The number of hydrogen-bond acceptors (Lipinski definition) is 4. The van der Waals surface area contributed by atoms with Crippen molar-refractivity contribution in [2.45, 2.75) is 31.1 Å². The number of amides is 2. The van der Waals surface area contributed by atoms with E-state index < -0.39 is 21.8 Å². The van der Waals surface area contributed by atoms with Crippen LogP contribution in [0.3, 0.4) is 0 Å². The Morgan fingerprint density at radius 3 is 1.97 bits per heavy atom. The molecule has 0 radical (unpaired) electrons.